The molecule has 0 bridgehead atoms. The van der Waals surface area contributed by atoms with Gasteiger partial charge in [-0.05, 0) is 25.1 Å². The number of methoxy groups -OCH3 is 1. The highest BCUT2D eigenvalue weighted by Gasteiger charge is 2.21. The van der Waals surface area contributed by atoms with Crippen LogP contribution in [0.1, 0.15) is 5.82 Å². The fourth-order valence-electron chi connectivity index (χ4n) is 2.96. The van der Waals surface area contributed by atoms with Crippen molar-refractivity contribution in [2.75, 3.05) is 43.1 Å². The number of benzene rings is 1. The minimum atomic E-state index is 0.813. The highest BCUT2D eigenvalue weighted by atomic mass is 32.1. The van der Waals surface area contributed by atoms with Crippen LogP contribution >= 0.6 is 11.3 Å². The van der Waals surface area contributed by atoms with E-state index in [-0.39, 0.29) is 0 Å². The van der Waals surface area contributed by atoms with Crippen molar-refractivity contribution in [3.63, 3.8) is 0 Å². The van der Waals surface area contributed by atoms with Crippen molar-refractivity contribution in [2.45, 2.75) is 6.92 Å². The lowest BCUT2D eigenvalue weighted by molar-refractivity contribution is 0.419. The minimum Gasteiger partial charge on any atom is -0.494 e. The van der Waals surface area contributed by atoms with E-state index in [1.165, 1.54) is 4.70 Å². The molecule has 1 saturated heterocycles. The number of fused-ring (bicyclic) bond motifs is 1. The summed E-state index contributed by atoms with van der Waals surface area (Å²) in [6.45, 7) is 5.66. The zero-order valence-electron chi connectivity index (χ0n) is 13.8. The van der Waals surface area contributed by atoms with Gasteiger partial charge in [-0.2, -0.15) is 0 Å². The van der Waals surface area contributed by atoms with Crippen LogP contribution in [0.5, 0.6) is 5.75 Å². The molecule has 1 aliphatic heterocycles. The Kier molecular flexibility index (Phi) is 3.93. The Morgan fingerprint density at radius 2 is 1.83 bits per heavy atom. The van der Waals surface area contributed by atoms with Gasteiger partial charge in [-0.1, -0.05) is 17.4 Å². The van der Waals surface area contributed by atoms with Gasteiger partial charge < -0.3 is 14.5 Å². The summed E-state index contributed by atoms with van der Waals surface area (Å²) < 4.78 is 6.58. The summed E-state index contributed by atoms with van der Waals surface area (Å²) in [5, 5.41) is 1.06. The van der Waals surface area contributed by atoms with E-state index in [2.05, 4.69) is 25.8 Å². The molecule has 6 nitrogen and oxygen atoms in total. The number of thiazole rings is 1. The third-order valence-corrected chi connectivity index (χ3v) is 5.31. The molecule has 0 amide bonds. The van der Waals surface area contributed by atoms with E-state index < -0.39 is 0 Å². The van der Waals surface area contributed by atoms with Crippen LogP contribution in [-0.2, 0) is 0 Å². The number of nitrogens with zero attached hydrogens (tertiary/aromatic N) is 5. The summed E-state index contributed by atoms with van der Waals surface area (Å²) in [5.74, 6) is 2.66. The molecular weight excluding hydrogens is 322 g/mol. The van der Waals surface area contributed by atoms with Gasteiger partial charge in [-0.3, -0.25) is 0 Å². The first kappa shape index (κ1) is 15.1. The molecule has 0 radical (unpaired) electrons. The van der Waals surface area contributed by atoms with Crippen LogP contribution in [0.3, 0.4) is 0 Å². The number of hydrogen-bond acceptors (Lipinski definition) is 7. The van der Waals surface area contributed by atoms with Crippen molar-refractivity contribution < 1.29 is 4.74 Å². The Balaban J connectivity index is 1.52. The molecule has 1 fully saturated rings. The standard InChI is InChI=1S/C17H19N5OS/c1-12-18-7-6-15(19-12)21-8-10-22(11-9-21)17-20-16-13(23-2)4-3-5-14(16)24-17/h3-7H,8-11H2,1-2H3. The lowest BCUT2D eigenvalue weighted by Gasteiger charge is -2.35. The summed E-state index contributed by atoms with van der Waals surface area (Å²) in [7, 11) is 1.69. The lowest BCUT2D eigenvalue weighted by atomic mass is 10.3. The van der Waals surface area contributed by atoms with Gasteiger partial charge in [-0.15, -0.1) is 0 Å². The molecule has 2 aromatic heterocycles. The van der Waals surface area contributed by atoms with Crippen molar-refractivity contribution >= 4 is 32.5 Å². The molecule has 0 saturated carbocycles. The molecule has 1 aliphatic rings. The maximum atomic E-state index is 5.42. The number of aryl methyl sites for hydroxylation is 1. The van der Waals surface area contributed by atoms with E-state index in [1.807, 2.05) is 31.3 Å². The van der Waals surface area contributed by atoms with Gasteiger partial charge in [0.25, 0.3) is 0 Å². The number of hydrogen-bond donors (Lipinski definition) is 0. The largest absolute Gasteiger partial charge is 0.494 e. The van der Waals surface area contributed by atoms with Crippen molar-refractivity contribution in [3.05, 3.63) is 36.3 Å². The first-order chi connectivity index (χ1) is 11.7. The second kappa shape index (κ2) is 6.24. The van der Waals surface area contributed by atoms with E-state index in [1.54, 1.807) is 18.4 Å². The molecule has 3 aromatic rings. The number of piperazine rings is 1. The quantitative estimate of drug-likeness (QED) is 0.730. The highest BCUT2D eigenvalue weighted by molar-refractivity contribution is 7.22. The zero-order chi connectivity index (χ0) is 16.5. The van der Waals surface area contributed by atoms with Crippen LogP contribution in [-0.4, -0.2) is 48.2 Å². The molecule has 3 heterocycles. The van der Waals surface area contributed by atoms with Gasteiger partial charge in [-0.25, -0.2) is 15.0 Å². The van der Waals surface area contributed by atoms with E-state index >= 15 is 0 Å². The van der Waals surface area contributed by atoms with Gasteiger partial charge in [0.1, 0.15) is 22.9 Å². The van der Waals surface area contributed by atoms with Crippen LogP contribution in [0.4, 0.5) is 10.9 Å². The number of ether oxygens (including phenoxy) is 1. The second-order valence-corrected chi connectivity index (χ2v) is 6.75. The summed E-state index contributed by atoms with van der Waals surface area (Å²) >= 11 is 1.72. The van der Waals surface area contributed by atoms with Crippen molar-refractivity contribution in [1.82, 2.24) is 15.0 Å². The van der Waals surface area contributed by atoms with Crippen LogP contribution in [0.2, 0.25) is 0 Å². The molecular formula is C17H19N5OS. The Hall–Kier alpha value is -2.41. The number of aromatic nitrogens is 3. The van der Waals surface area contributed by atoms with Crippen LogP contribution in [0.15, 0.2) is 30.5 Å². The van der Waals surface area contributed by atoms with Crippen LogP contribution < -0.4 is 14.5 Å². The first-order valence-electron chi connectivity index (χ1n) is 7.98. The molecule has 24 heavy (non-hydrogen) atoms. The van der Waals surface area contributed by atoms with Gasteiger partial charge in [0.15, 0.2) is 5.13 Å². The van der Waals surface area contributed by atoms with Crippen LogP contribution in [0.25, 0.3) is 10.2 Å². The minimum absolute atomic E-state index is 0.813. The van der Waals surface area contributed by atoms with Gasteiger partial charge >= 0.3 is 0 Å². The second-order valence-electron chi connectivity index (χ2n) is 5.74. The average Bonchev–Trinajstić information content (AvgIpc) is 3.06. The van der Waals surface area contributed by atoms with Crippen LogP contribution in [0, 0.1) is 6.92 Å². The molecule has 0 N–H and O–H groups in total. The van der Waals surface area contributed by atoms with Crippen molar-refractivity contribution in [1.29, 1.82) is 0 Å². The first-order valence-corrected chi connectivity index (χ1v) is 8.79. The third kappa shape index (κ3) is 2.75. The smallest absolute Gasteiger partial charge is 0.186 e. The third-order valence-electron chi connectivity index (χ3n) is 4.23. The zero-order valence-corrected chi connectivity index (χ0v) is 14.6. The van der Waals surface area contributed by atoms with E-state index in [4.69, 9.17) is 9.72 Å². The maximum absolute atomic E-state index is 5.42. The fourth-order valence-corrected chi connectivity index (χ4v) is 3.99. The number of anilines is 2. The Bertz CT molecular complexity index is 857. The average molecular weight is 341 g/mol. The van der Waals surface area contributed by atoms with E-state index in [0.717, 1.165) is 54.2 Å². The number of rotatable bonds is 3. The monoisotopic (exact) mass is 341 g/mol. The SMILES string of the molecule is COc1cccc2sc(N3CCN(c4ccnc(C)n4)CC3)nc12. The summed E-state index contributed by atoms with van der Waals surface area (Å²) in [4.78, 5) is 18.1. The van der Waals surface area contributed by atoms with Gasteiger partial charge in [0.05, 0.1) is 11.8 Å². The molecule has 0 atom stereocenters. The Morgan fingerprint density at radius 3 is 2.58 bits per heavy atom. The molecule has 0 unspecified atom stereocenters. The van der Waals surface area contributed by atoms with E-state index in [9.17, 15) is 0 Å². The normalized spacial score (nSPS) is 15.1. The predicted octanol–water partition coefficient (Wildman–Crippen LogP) is 2.73. The predicted molar refractivity (Wildman–Crippen MR) is 97.4 cm³/mol. The van der Waals surface area contributed by atoms with Gasteiger partial charge in [0, 0.05) is 32.4 Å². The molecule has 1 aromatic carbocycles. The Morgan fingerprint density at radius 1 is 1.04 bits per heavy atom. The summed E-state index contributed by atoms with van der Waals surface area (Å²) in [6.07, 6.45) is 1.82. The van der Waals surface area contributed by atoms with E-state index in [0.29, 0.717) is 0 Å². The topological polar surface area (TPSA) is 54.4 Å². The highest BCUT2D eigenvalue weighted by Crippen LogP contribution is 2.34. The molecule has 124 valence electrons. The van der Waals surface area contributed by atoms with Gasteiger partial charge in [0.2, 0.25) is 0 Å². The summed E-state index contributed by atoms with van der Waals surface area (Å²) in [5.41, 5.74) is 0.953. The molecule has 7 heteroatoms. The lowest BCUT2D eigenvalue weighted by Crippen LogP contribution is -2.46. The molecule has 4 rings (SSSR count). The molecule has 0 spiro atoms. The fraction of sp³-hybridized carbons (Fsp3) is 0.353. The van der Waals surface area contributed by atoms with Crippen molar-refractivity contribution in [3.8, 4) is 5.75 Å². The number of para-hydroxylation sites is 1. The van der Waals surface area contributed by atoms with Crippen molar-refractivity contribution in [2.24, 2.45) is 0 Å². The molecule has 0 aliphatic carbocycles. The Labute approximate surface area is 144 Å². The summed E-state index contributed by atoms with van der Waals surface area (Å²) in [6, 6.07) is 8.05. The maximum Gasteiger partial charge on any atom is 0.186 e.